The van der Waals surface area contributed by atoms with Gasteiger partial charge in [-0.2, -0.15) is 0 Å². The molecule has 0 spiro atoms. The molecule has 1 fully saturated rings. The average Bonchev–Trinajstić information content (AvgIpc) is 2.42. The largest absolute Gasteiger partial charge is 0.367 e. The maximum absolute atomic E-state index is 4.79. The summed E-state index contributed by atoms with van der Waals surface area (Å²) in [6.07, 6.45) is 5.33. The number of para-hydroxylation sites is 1. The molecule has 100 valence electrons. The highest BCUT2D eigenvalue weighted by Gasteiger charge is 2.21. The highest BCUT2D eigenvalue weighted by Crippen LogP contribution is 2.28. The van der Waals surface area contributed by atoms with Gasteiger partial charge in [-0.25, -0.2) is 4.98 Å². The average molecular weight is 254 g/mol. The van der Waals surface area contributed by atoms with Crippen LogP contribution in [0.4, 0.5) is 5.82 Å². The Labute approximate surface area is 115 Å². The molecule has 1 N–H and O–H groups in total. The number of hydrogen-bond acceptors (Lipinski definition) is 2. The standard InChI is InChI=1S/C17H22N2/c1-12-7-3-5-9-15(12)18-17-13(2)11-14-8-4-6-10-16(14)19-17/h4,6,8,10-12,15H,3,5,7,9H2,1-2H3,(H,18,19). The van der Waals surface area contributed by atoms with Crippen molar-refractivity contribution in [3.63, 3.8) is 0 Å². The smallest absolute Gasteiger partial charge is 0.129 e. The Kier molecular flexibility index (Phi) is 3.41. The van der Waals surface area contributed by atoms with Crippen LogP contribution in [0.3, 0.4) is 0 Å². The number of nitrogens with zero attached hydrogens (tertiary/aromatic N) is 1. The molecule has 0 saturated heterocycles. The Hall–Kier alpha value is -1.57. The molecule has 0 radical (unpaired) electrons. The first-order valence-corrected chi connectivity index (χ1v) is 7.37. The van der Waals surface area contributed by atoms with Crippen LogP contribution in [-0.4, -0.2) is 11.0 Å². The van der Waals surface area contributed by atoms with Gasteiger partial charge in [0.25, 0.3) is 0 Å². The summed E-state index contributed by atoms with van der Waals surface area (Å²) >= 11 is 0. The minimum atomic E-state index is 0.584. The first kappa shape index (κ1) is 12.5. The van der Waals surface area contributed by atoms with Crippen molar-refractivity contribution in [2.24, 2.45) is 5.92 Å². The van der Waals surface area contributed by atoms with Crippen LogP contribution in [0.15, 0.2) is 30.3 Å². The molecule has 1 aromatic carbocycles. The number of pyridine rings is 1. The molecule has 2 unspecified atom stereocenters. The summed E-state index contributed by atoms with van der Waals surface area (Å²) in [5, 5.41) is 4.90. The third-order valence-electron chi connectivity index (χ3n) is 4.35. The number of anilines is 1. The van der Waals surface area contributed by atoms with Gasteiger partial charge >= 0.3 is 0 Å². The van der Waals surface area contributed by atoms with Crippen LogP contribution in [0.2, 0.25) is 0 Å². The second-order valence-corrected chi connectivity index (χ2v) is 5.86. The maximum atomic E-state index is 4.79. The normalized spacial score (nSPS) is 23.5. The number of fused-ring (bicyclic) bond motifs is 1. The first-order chi connectivity index (χ1) is 9.24. The third-order valence-corrected chi connectivity index (χ3v) is 4.35. The highest BCUT2D eigenvalue weighted by atomic mass is 15.0. The summed E-state index contributed by atoms with van der Waals surface area (Å²) in [6, 6.07) is 11.2. The Morgan fingerprint density at radius 3 is 2.79 bits per heavy atom. The molecule has 1 aliphatic rings. The molecule has 0 amide bonds. The van der Waals surface area contributed by atoms with Crippen molar-refractivity contribution in [1.82, 2.24) is 4.98 Å². The van der Waals surface area contributed by atoms with Crippen LogP contribution in [0, 0.1) is 12.8 Å². The number of benzene rings is 1. The van der Waals surface area contributed by atoms with E-state index in [1.165, 1.54) is 36.6 Å². The van der Waals surface area contributed by atoms with Crippen LogP contribution in [0.5, 0.6) is 0 Å². The molecule has 0 bridgehead atoms. The van der Waals surface area contributed by atoms with Gasteiger partial charge in [0.05, 0.1) is 5.52 Å². The van der Waals surface area contributed by atoms with E-state index in [2.05, 4.69) is 49.5 Å². The van der Waals surface area contributed by atoms with Gasteiger partial charge in [-0.15, -0.1) is 0 Å². The lowest BCUT2D eigenvalue weighted by molar-refractivity contribution is 0.349. The molecule has 1 saturated carbocycles. The fourth-order valence-electron chi connectivity index (χ4n) is 3.07. The van der Waals surface area contributed by atoms with Gasteiger partial charge < -0.3 is 5.32 Å². The summed E-state index contributed by atoms with van der Waals surface area (Å²) in [4.78, 5) is 4.79. The molecule has 3 rings (SSSR count). The van der Waals surface area contributed by atoms with Gasteiger partial charge in [0.2, 0.25) is 0 Å². The van der Waals surface area contributed by atoms with Crippen LogP contribution >= 0.6 is 0 Å². The van der Waals surface area contributed by atoms with E-state index < -0.39 is 0 Å². The zero-order chi connectivity index (χ0) is 13.2. The van der Waals surface area contributed by atoms with Crippen molar-refractivity contribution in [1.29, 1.82) is 0 Å². The van der Waals surface area contributed by atoms with Gasteiger partial charge in [-0.3, -0.25) is 0 Å². The molecule has 19 heavy (non-hydrogen) atoms. The van der Waals surface area contributed by atoms with E-state index in [9.17, 15) is 0 Å². The number of aryl methyl sites for hydroxylation is 1. The van der Waals surface area contributed by atoms with Crippen LogP contribution < -0.4 is 5.32 Å². The SMILES string of the molecule is Cc1cc2ccccc2nc1NC1CCCCC1C. The summed E-state index contributed by atoms with van der Waals surface area (Å²) in [5.41, 5.74) is 2.33. The Morgan fingerprint density at radius 1 is 1.16 bits per heavy atom. The molecular formula is C17H22N2. The predicted molar refractivity (Wildman–Crippen MR) is 81.5 cm³/mol. The van der Waals surface area contributed by atoms with E-state index in [1.54, 1.807) is 0 Å². The first-order valence-electron chi connectivity index (χ1n) is 7.37. The van der Waals surface area contributed by atoms with Crippen LogP contribution in [-0.2, 0) is 0 Å². The molecule has 1 aliphatic carbocycles. The van der Waals surface area contributed by atoms with Crippen molar-refractivity contribution in [2.75, 3.05) is 5.32 Å². The second kappa shape index (κ2) is 5.20. The van der Waals surface area contributed by atoms with Crippen molar-refractivity contribution >= 4 is 16.7 Å². The number of aromatic nitrogens is 1. The van der Waals surface area contributed by atoms with Gasteiger partial charge in [-0.05, 0) is 43.4 Å². The minimum absolute atomic E-state index is 0.584. The fraction of sp³-hybridized carbons (Fsp3) is 0.471. The number of nitrogens with one attached hydrogen (secondary N) is 1. The molecule has 2 atom stereocenters. The van der Waals surface area contributed by atoms with Crippen molar-refractivity contribution in [2.45, 2.75) is 45.6 Å². The lowest BCUT2D eigenvalue weighted by Gasteiger charge is -2.30. The Bertz CT molecular complexity index is 576. The molecule has 0 aliphatic heterocycles. The van der Waals surface area contributed by atoms with E-state index in [0.29, 0.717) is 6.04 Å². The quantitative estimate of drug-likeness (QED) is 0.851. The highest BCUT2D eigenvalue weighted by molar-refractivity contribution is 5.81. The maximum Gasteiger partial charge on any atom is 0.129 e. The summed E-state index contributed by atoms with van der Waals surface area (Å²) in [5.74, 6) is 1.82. The number of rotatable bonds is 2. The van der Waals surface area contributed by atoms with E-state index in [0.717, 1.165) is 17.3 Å². The topological polar surface area (TPSA) is 24.9 Å². The zero-order valence-electron chi connectivity index (χ0n) is 11.8. The van der Waals surface area contributed by atoms with E-state index >= 15 is 0 Å². The van der Waals surface area contributed by atoms with E-state index in [-0.39, 0.29) is 0 Å². The van der Waals surface area contributed by atoms with E-state index in [4.69, 9.17) is 4.98 Å². The predicted octanol–water partition coefficient (Wildman–Crippen LogP) is 4.53. The summed E-state index contributed by atoms with van der Waals surface area (Å²) in [6.45, 7) is 4.50. The Morgan fingerprint density at radius 2 is 1.95 bits per heavy atom. The summed E-state index contributed by atoms with van der Waals surface area (Å²) < 4.78 is 0. The molecule has 1 heterocycles. The molecule has 2 nitrogen and oxygen atoms in total. The monoisotopic (exact) mass is 254 g/mol. The molecular weight excluding hydrogens is 232 g/mol. The van der Waals surface area contributed by atoms with Crippen molar-refractivity contribution < 1.29 is 0 Å². The zero-order valence-corrected chi connectivity index (χ0v) is 11.8. The van der Waals surface area contributed by atoms with Gasteiger partial charge in [0.1, 0.15) is 5.82 Å². The Balaban J connectivity index is 1.89. The summed E-state index contributed by atoms with van der Waals surface area (Å²) in [7, 11) is 0. The molecule has 2 aromatic rings. The van der Waals surface area contributed by atoms with Gasteiger partial charge in [-0.1, -0.05) is 38.0 Å². The number of hydrogen-bond donors (Lipinski definition) is 1. The lowest BCUT2D eigenvalue weighted by Crippen LogP contribution is -2.31. The minimum Gasteiger partial charge on any atom is -0.367 e. The fourth-order valence-corrected chi connectivity index (χ4v) is 3.07. The van der Waals surface area contributed by atoms with E-state index in [1.807, 2.05) is 0 Å². The van der Waals surface area contributed by atoms with Crippen LogP contribution in [0.25, 0.3) is 10.9 Å². The third kappa shape index (κ3) is 2.58. The van der Waals surface area contributed by atoms with Gasteiger partial charge in [0.15, 0.2) is 0 Å². The lowest BCUT2D eigenvalue weighted by atomic mass is 9.86. The van der Waals surface area contributed by atoms with Crippen molar-refractivity contribution in [3.05, 3.63) is 35.9 Å². The second-order valence-electron chi connectivity index (χ2n) is 5.86. The van der Waals surface area contributed by atoms with Gasteiger partial charge in [0, 0.05) is 11.4 Å². The van der Waals surface area contributed by atoms with Crippen LogP contribution in [0.1, 0.15) is 38.2 Å². The molecule has 2 heteroatoms. The van der Waals surface area contributed by atoms with Crippen molar-refractivity contribution in [3.8, 4) is 0 Å². The molecule has 1 aromatic heterocycles.